The summed E-state index contributed by atoms with van der Waals surface area (Å²) in [4.78, 5) is 0. The van der Waals surface area contributed by atoms with Crippen molar-refractivity contribution in [3.05, 3.63) is 54.1 Å². The Morgan fingerprint density at radius 3 is 2.60 bits per heavy atom. The molecule has 1 N–H and O–H groups in total. The standard InChI is InChI=1S/C14H13N/c1-2-5-11(6-3-1)12-7-4-8-14-13(12)9-10-15-14/h1-8,15H,9-10H2. The van der Waals surface area contributed by atoms with Gasteiger partial charge in [0.25, 0.3) is 0 Å². The van der Waals surface area contributed by atoms with Crippen LogP contribution in [0, 0.1) is 0 Å². The Bertz CT molecular complexity index is 474. The second-order valence-electron chi connectivity index (χ2n) is 3.87. The predicted octanol–water partition coefficient (Wildman–Crippen LogP) is 3.32. The maximum Gasteiger partial charge on any atom is 0.0379 e. The second kappa shape index (κ2) is 3.43. The number of fused-ring (bicyclic) bond motifs is 1. The minimum atomic E-state index is 1.07. The third-order valence-electron chi connectivity index (χ3n) is 2.95. The molecular weight excluding hydrogens is 182 g/mol. The predicted molar refractivity (Wildman–Crippen MR) is 64.1 cm³/mol. The number of hydrogen-bond donors (Lipinski definition) is 1. The van der Waals surface area contributed by atoms with Crippen LogP contribution in [0.3, 0.4) is 0 Å². The molecule has 0 fully saturated rings. The van der Waals surface area contributed by atoms with Crippen molar-refractivity contribution in [3.8, 4) is 11.1 Å². The molecule has 0 bridgehead atoms. The summed E-state index contributed by atoms with van der Waals surface area (Å²) in [7, 11) is 0. The van der Waals surface area contributed by atoms with Gasteiger partial charge in [0.05, 0.1) is 0 Å². The van der Waals surface area contributed by atoms with Crippen molar-refractivity contribution in [1.82, 2.24) is 0 Å². The summed E-state index contributed by atoms with van der Waals surface area (Å²) in [5.41, 5.74) is 5.45. The smallest absolute Gasteiger partial charge is 0.0379 e. The molecule has 3 rings (SSSR count). The van der Waals surface area contributed by atoms with Crippen LogP contribution in [0.4, 0.5) is 5.69 Å². The van der Waals surface area contributed by atoms with Crippen LogP contribution in [0.2, 0.25) is 0 Å². The van der Waals surface area contributed by atoms with Crippen molar-refractivity contribution in [2.24, 2.45) is 0 Å². The highest BCUT2D eigenvalue weighted by Crippen LogP contribution is 2.32. The molecule has 2 aromatic rings. The van der Waals surface area contributed by atoms with E-state index in [1.54, 1.807) is 0 Å². The Kier molecular flexibility index (Phi) is 1.95. The van der Waals surface area contributed by atoms with Crippen molar-refractivity contribution in [3.63, 3.8) is 0 Å². The molecule has 0 aliphatic carbocycles. The maximum absolute atomic E-state index is 3.41. The zero-order valence-electron chi connectivity index (χ0n) is 8.53. The van der Waals surface area contributed by atoms with Crippen molar-refractivity contribution in [2.75, 3.05) is 11.9 Å². The van der Waals surface area contributed by atoms with Crippen LogP contribution in [-0.2, 0) is 6.42 Å². The largest absolute Gasteiger partial charge is 0.384 e. The van der Waals surface area contributed by atoms with Gasteiger partial charge in [-0.2, -0.15) is 0 Å². The number of hydrogen-bond acceptors (Lipinski definition) is 1. The van der Waals surface area contributed by atoms with E-state index in [1.807, 2.05) is 0 Å². The first-order chi connectivity index (χ1) is 7.45. The van der Waals surface area contributed by atoms with Crippen molar-refractivity contribution in [1.29, 1.82) is 0 Å². The lowest BCUT2D eigenvalue weighted by Gasteiger charge is -2.07. The summed E-state index contributed by atoms with van der Waals surface area (Å²) in [5.74, 6) is 0. The topological polar surface area (TPSA) is 12.0 Å². The summed E-state index contributed by atoms with van der Waals surface area (Å²) < 4.78 is 0. The maximum atomic E-state index is 3.41. The van der Waals surface area contributed by atoms with Gasteiger partial charge in [-0.1, -0.05) is 42.5 Å². The number of rotatable bonds is 1. The summed E-state index contributed by atoms with van der Waals surface area (Å²) >= 11 is 0. The van der Waals surface area contributed by atoms with Crippen LogP contribution in [0.15, 0.2) is 48.5 Å². The highest BCUT2D eigenvalue weighted by Gasteiger charge is 2.13. The molecule has 1 heteroatoms. The number of anilines is 1. The van der Waals surface area contributed by atoms with Crippen LogP contribution < -0.4 is 5.32 Å². The molecule has 0 spiro atoms. The molecular formula is C14H13N. The fourth-order valence-electron chi connectivity index (χ4n) is 2.23. The SMILES string of the molecule is c1ccc(-c2cccc3c2CCN3)cc1. The summed E-state index contributed by atoms with van der Waals surface area (Å²) in [6, 6.07) is 17.1. The average molecular weight is 195 g/mol. The van der Waals surface area contributed by atoms with Crippen LogP contribution in [0.5, 0.6) is 0 Å². The monoisotopic (exact) mass is 195 g/mol. The lowest BCUT2D eigenvalue weighted by atomic mass is 9.98. The van der Waals surface area contributed by atoms with Crippen molar-refractivity contribution in [2.45, 2.75) is 6.42 Å². The average Bonchev–Trinajstić information content (AvgIpc) is 2.78. The molecule has 1 heterocycles. The highest BCUT2D eigenvalue weighted by atomic mass is 14.9. The van der Waals surface area contributed by atoms with E-state index in [4.69, 9.17) is 0 Å². The van der Waals surface area contributed by atoms with Gasteiger partial charge in [-0.15, -0.1) is 0 Å². The third kappa shape index (κ3) is 1.40. The Labute approximate surface area is 89.8 Å². The van der Waals surface area contributed by atoms with Gasteiger partial charge in [-0.25, -0.2) is 0 Å². The molecule has 1 aliphatic heterocycles. The first kappa shape index (κ1) is 8.54. The molecule has 0 amide bonds. The van der Waals surface area contributed by atoms with Gasteiger partial charge in [0, 0.05) is 12.2 Å². The zero-order valence-corrected chi connectivity index (χ0v) is 8.53. The highest BCUT2D eigenvalue weighted by molar-refractivity contribution is 5.75. The van der Waals surface area contributed by atoms with Crippen molar-refractivity contribution < 1.29 is 0 Å². The van der Waals surface area contributed by atoms with Gasteiger partial charge in [0.15, 0.2) is 0 Å². The quantitative estimate of drug-likeness (QED) is 0.736. The molecule has 0 aromatic heterocycles. The Morgan fingerprint density at radius 2 is 1.73 bits per heavy atom. The van der Waals surface area contributed by atoms with Gasteiger partial charge in [0.1, 0.15) is 0 Å². The molecule has 0 saturated heterocycles. The van der Waals surface area contributed by atoms with E-state index in [2.05, 4.69) is 53.8 Å². The van der Waals surface area contributed by atoms with Gasteiger partial charge >= 0.3 is 0 Å². The number of nitrogens with one attached hydrogen (secondary N) is 1. The Hall–Kier alpha value is -1.76. The van der Waals surface area contributed by atoms with E-state index >= 15 is 0 Å². The molecule has 0 radical (unpaired) electrons. The second-order valence-corrected chi connectivity index (χ2v) is 3.87. The summed E-state index contributed by atoms with van der Waals surface area (Å²) in [5, 5.41) is 3.41. The van der Waals surface area contributed by atoms with Gasteiger partial charge in [-0.3, -0.25) is 0 Å². The zero-order chi connectivity index (χ0) is 10.1. The van der Waals surface area contributed by atoms with E-state index < -0.39 is 0 Å². The lowest BCUT2D eigenvalue weighted by molar-refractivity contribution is 1.11. The lowest BCUT2D eigenvalue weighted by Crippen LogP contribution is -1.90. The van der Waals surface area contributed by atoms with Crippen molar-refractivity contribution >= 4 is 5.69 Å². The van der Waals surface area contributed by atoms with Crippen LogP contribution in [0.25, 0.3) is 11.1 Å². The van der Waals surface area contributed by atoms with Gasteiger partial charge in [-0.05, 0) is 29.2 Å². The fourth-order valence-corrected chi connectivity index (χ4v) is 2.23. The molecule has 1 aliphatic rings. The normalized spacial score (nSPS) is 13.3. The third-order valence-corrected chi connectivity index (χ3v) is 2.95. The summed E-state index contributed by atoms with van der Waals surface area (Å²) in [6.45, 7) is 1.07. The first-order valence-electron chi connectivity index (χ1n) is 5.36. The minimum Gasteiger partial charge on any atom is -0.384 e. The number of benzene rings is 2. The van der Waals surface area contributed by atoms with Gasteiger partial charge in [0.2, 0.25) is 0 Å². The van der Waals surface area contributed by atoms with E-state index in [1.165, 1.54) is 22.4 Å². The Morgan fingerprint density at radius 1 is 0.867 bits per heavy atom. The molecule has 0 atom stereocenters. The molecule has 0 unspecified atom stereocenters. The molecule has 1 nitrogen and oxygen atoms in total. The van der Waals surface area contributed by atoms with E-state index in [0.717, 1.165) is 13.0 Å². The minimum absolute atomic E-state index is 1.07. The van der Waals surface area contributed by atoms with Gasteiger partial charge < -0.3 is 5.32 Å². The molecule has 0 saturated carbocycles. The Balaban J connectivity index is 2.17. The first-order valence-corrected chi connectivity index (χ1v) is 5.36. The molecule has 74 valence electrons. The summed E-state index contributed by atoms with van der Waals surface area (Å²) in [6.07, 6.45) is 1.14. The van der Waals surface area contributed by atoms with E-state index in [-0.39, 0.29) is 0 Å². The molecule has 2 aromatic carbocycles. The van der Waals surface area contributed by atoms with E-state index in [0.29, 0.717) is 0 Å². The van der Waals surface area contributed by atoms with Crippen LogP contribution in [-0.4, -0.2) is 6.54 Å². The van der Waals surface area contributed by atoms with Crippen LogP contribution >= 0.6 is 0 Å². The van der Waals surface area contributed by atoms with Crippen LogP contribution in [0.1, 0.15) is 5.56 Å². The fraction of sp³-hybridized carbons (Fsp3) is 0.143. The van der Waals surface area contributed by atoms with E-state index in [9.17, 15) is 0 Å². The molecule has 15 heavy (non-hydrogen) atoms.